The average Bonchev–Trinajstić information content (AvgIpc) is 3.10. The highest BCUT2D eigenvalue weighted by Crippen LogP contribution is 2.33. The molecule has 106 valence electrons. The topological polar surface area (TPSA) is 53.9 Å². The van der Waals surface area contributed by atoms with Crippen LogP contribution in [0.5, 0.6) is 0 Å². The van der Waals surface area contributed by atoms with Crippen LogP contribution >= 0.6 is 11.3 Å². The number of thiazole rings is 1. The lowest BCUT2D eigenvalue weighted by Crippen LogP contribution is -2.23. The molecule has 1 N–H and O–H groups in total. The minimum absolute atomic E-state index is 0.382. The van der Waals surface area contributed by atoms with Crippen molar-refractivity contribution in [3.63, 3.8) is 0 Å². The van der Waals surface area contributed by atoms with Crippen molar-refractivity contribution in [1.82, 2.24) is 19.9 Å². The molecule has 0 radical (unpaired) electrons. The van der Waals surface area contributed by atoms with Crippen molar-refractivity contribution in [2.24, 2.45) is 0 Å². The number of aryl methyl sites for hydroxylation is 1. The SMILES string of the molecule is CNc1cc([C@H]2CCCN2Cc2nccs2)nc(C)n1. The Morgan fingerprint density at radius 3 is 3.10 bits per heavy atom. The Kier molecular flexibility index (Phi) is 3.93. The molecule has 1 saturated heterocycles. The average molecular weight is 289 g/mol. The molecule has 5 nitrogen and oxygen atoms in total. The van der Waals surface area contributed by atoms with Crippen LogP contribution in [0.25, 0.3) is 0 Å². The monoisotopic (exact) mass is 289 g/mol. The zero-order valence-electron chi connectivity index (χ0n) is 11.8. The van der Waals surface area contributed by atoms with Gasteiger partial charge in [-0.05, 0) is 26.3 Å². The number of hydrogen-bond donors (Lipinski definition) is 1. The Morgan fingerprint density at radius 1 is 1.45 bits per heavy atom. The number of aromatic nitrogens is 3. The standard InChI is InChI=1S/C14H19N5S/c1-10-17-11(8-13(15-2)18-10)12-4-3-6-19(12)9-14-16-5-7-20-14/h5,7-8,12H,3-4,6,9H2,1-2H3,(H,15,17,18)/t12-/m1/s1. The molecular formula is C14H19N5S. The number of anilines is 1. The summed E-state index contributed by atoms with van der Waals surface area (Å²) < 4.78 is 0. The Hall–Kier alpha value is -1.53. The van der Waals surface area contributed by atoms with Crippen LogP contribution in [0.15, 0.2) is 17.6 Å². The maximum atomic E-state index is 4.63. The first-order chi connectivity index (χ1) is 9.76. The van der Waals surface area contributed by atoms with Crippen LogP contribution in [-0.4, -0.2) is 33.4 Å². The van der Waals surface area contributed by atoms with Gasteiger partial charge in [0.25, 0.3) is 0 Å². The second-order valence-electron chi connectivity index (χ2n) is 5.03. The zero-order valence-corrected chi connectivity index (χ0v) is 12.7. The number of nitrogens with one attached hydrogen (secondary N) is 1. The van der Waals surface area contributed by atoms with E-state index in [1.54, 1.807) is 11.3 Å². The predicted octanol–water partition coefficient (Wildman–Crippen LogP) is 2.62. The number of nitrogens with zero attached hydrogens (tertiary/aromatic N) is 4. The maximum absolute atomic E-state index is 4.63. The molecule has 0 saturated carbocycles. The van der Waals surface area contributed by atoms with Crippen LogP contribution in [0.3, 0.4) is 0 Å². The van der Waals surface area contributed by atoms with Gasteiger partial charge < -0.3 is 5.32 Å². The largest absolute Gasteiger partial charge is 0.373 e. The van der Waals surface area contributed by atoms with E-state index in [0.29, 0.717) is 6.04 Å². The summed E-state index contributed by atoms with van der Waals surface area (Å²) in [6.45, 7) is 3.98. The highest BCUT2D eigenvalue weighted by Gasteiger charge is 2.28. The normalized spacial score (nSPS) is 19.4. The molecule has 0 spiro atoms. The molecule has 0 bridgehead atoms. The molecule has 1 atom stereocenters. The molecule has 20 heavy (non-hydrogen) atoms. The van der Waals surface area contributed by atoms with Crippen molar-refractivity contribution in [1.29, 1.82) is 0 Å². The van der Waals surface area contributed by atoms with Gasteiger partial charge in [0.05, 0.1) is 18.3 Å². The molecule has 0 amide bonds. The summed E-state index contributed by atoms with van der Waals surface area (Å²) in [6.07, 6.45) is 4.25. The third kappa shape index (κ3) is 2.81. The van der Waals surface area contributed by atoms with E-state index in [9.17, 15) is 0 Å². The van der Waals surface area contributed by atoms with E-state index in [0.717, 1.165) is 36.8 Å². The van der Waals surface area contributed by atoms with Gasteiger partial charge in [0.2, 0.25) is 0 Å². The third-order valence-corrected chi connectivity index (χ3v) is 4.41. The molecule has 0 aromatic carbocycles. The molecule has 3 heterocycles. The van der Waals surface area contributed by atoms with E-state index >= 15 is 0 Å². The van der Waals surface area contributed by atoms with Crippen molar-refractivity contribution in [3.05, 3.63) is 34.2 Å². The summed E-state index contributed by atoms with van der Waals surface area (Å²) >= 11 is 1.72. The highest BCUT2D eigenvalue weighted by molar-refractivity contribution is 7.09. The van der Waals surface area contributed by atoms with Crippen molar-refractivity contribution in [3.8, 4) is 0 Å². The first-order valence-electron chi connectivity index (χ1n) is 6.92. The summed E-state index contributed by atoms with van der Waals surface area (Å²) in [5.74, 6) is 1.72. The minimum atomic E-state index is 0.382. The summed E-state index contributed by atoms with van der Waals surface area (Å²) in [7, 11) is 1.90. The molecule has 1 fully saturated rings. The molecule has 2 aromatic heterocycles. The van der Waals surface area contributed by atoms with Crippen molar-refractivity contribution < 1.29 is 0 Å². The Bertz CT molecular complexity index is 569. The van der Waals surface area contributed by atoms with Gasteiger partial charge in [0.15, 0.2) is 0 Å². The second kappa shape index (κ2) is 5.85. The van der Waals surface area contributed by atoms with Crippen LogP contribution in [0.1, 0.15) is 35.4 Å². The van der Waals surface area contributed by atoms with Gasteiger partial charge in [-0.15, -0.1) is 11.3 Å². The van der Waals surface area contributed by atoms with Crippen LogP contribution in [0, 0.1) is 6.92 Å². The van der Waals surface area contributed by atoms with Crippen LogP contribution in [-0.2, 0) is 6.54 Å². The van der Waals surface area contributed by atoms with Crippen molar-refractivity contribution in [2.75, 3.05) is 18.9 Å². The highest BCUT2D eigenvalue weighted by atomic mass is 32.1. The summed E-state index contributed by atoms with van der Waals surface area (Å²) in [5, 5.41) is 6.33. The summed E-state index contributed by atoms with van der Waals surface area (Å²) in [6, 6.07) is 2.45. The Balaban J connectivity index is 1.82. The molecular weight excluding hydrogens is 270 g/mol. The number of rotatable bonds is 4. The molecule has 2 aromatic rings. The van der Waals surface area contributed by atoms with E-state index in [2.05, 4.69) is 31.2 Å². The lowest BCUT2D eigenvalue weighted by molar-refractivity contribution is 0.244. The summed E-state index contributed by atoms with van der Waals surface area (Å²) in [5.41, 5.74) is 1.12. The summed E-state index contributed by atoms with van der Waals surface area (Å²) in [4.78, 5) is 15.9. The van der Waals surface area contributed by atoms with Gasteiger partial charge in [-0.3, -0.25) is 4.90 Å². The minimum Gasteiger partial charge on any atom is -0.373 e. The molecule has 0 unspecified atom stereocenters. The lowest BCUT2D eigenvalue weighted by atomic mass is 10.1. The van der Waals surface area contributed by atoms with Crippen LogP contribution in [0.2, 0.25) is 0 Å². The van der Waals surface area contributed by atoms with Crippen LogP contribution in [0.4, 0.5) is 5.82 Å². The Morgan fingerprint density at radius 2 is 2.35 bits per heavy atom. The van der Waals surface area contributed by atoms with E-state index in [1.807, 2.05) is 25.5 Å². The first-order valence-corrected chi connectivity index (χ1v) is 7.80. The van der Waals surface area contributed by atoms with E-state index in [-0.39, 0.29) is 0 Å². The number of hydrogen-bond acceptors (Lipinski definition) is 6. The Labute approximate surface area is 123 Å². The zero-order chi connectivity index (χ0) is 13.9. The fraction of sp³-hybridized carbons (Fsp3) is 0.500. The smallest absolute Gasteiger partial charge is 0.129 e. The van der Waals surface area contributed by atoms with Gasteiger partial charge in [0.1, 0.15) is 16.6 Å². The van der Waals surface area contributed by atoms with Gasteiger partial charge >= 0.3 is 0 Å². The van der Waals surface area contributed by atoms with Crippen molar-refractivity contribution in [2.45, 2.75) is 32.4 Å². The third-order valence-electron chi connectivity index (χ3n) is 3.64. The number of likely N-dealkylation sites (tertiary alicyclic amines) is 1. The van der Waals surface area contributed by atoms with E-state index in [4.69, 9.17) is 0 Å². The molecule has 1 aliphatic rings. The van der Waals surface area contributed by atoms with E-state index < -0.39 is 0 Å². The second-order valence-corrected chi connectivity index (χ2v) is 6.01. The van der Waals surface area contributed by atoms with Gasteiger partial charge in [-0.2, -0.15) is 0 Å². The molecule has 6 heteroatoms. The fourth-order valence-corrected chi connectivity index (χ4v) is 3.39. The fourth-order valence-electron chi connectivity index (χ4n) is 2.74. The predicted molar refractivity (Wildman–Crippen MR) is 80.8 cm³/mol. The molecule has 1 aliphatic heterocycles. The van der Waals surface area contributed by atoms with Gasteiger partial charge in [-0.1, -0.05) is 0 Å². The maximum Gasteiger partial charge on any atom is 0.129 e. The van der Waals surface area contributed by atoms with Gasteiger partial charge in [0, 0.05) is 24.7 Å². The van der Waals surface area contributed by atoms with Crippen molar-refractivity contribution >= 4 is 17.2 Å². The van der Waals surface area contributed by atoms with Gasteiger partial charge in [-0.25, -0.2) is 15.0 Å². The van der Waals surface area contributed by atoms with Crippen LogP contribution < -0.4 is 5.32 Å². The molecule has 3 rings (SSSR count). The quantitative estimate of drug-likeness (QED) is 0.937. The van der Waals surface area contributed by atoms with E-state index in [1.165, 1.54) is 11.4 Å². The molecule has 0 aliphatic carbocycles. The lowest BCUT2D eigenvalue weighted by Gasteiger charge is -2.23. The first kappa shape index (κ1) is 13.5.